The lowest BCUT2D eigenvalue weighted by molar-refractivity contribution is 0.0358. The fourth-order valence-electron chi connectivity index (χ4n) is 3.90. The number of hydrogen-bond donors (Lipinski definition) is 1. The molecule has 0 bridgehead atoms. The van der Waals surface area contributed by atoms with Crippen LogP contribution in [0.25, 0.3) is 11.8 Å². The van der Waals surface area contributed by atoms with Crippen LogP contribution in [0.2, 0.25) is 5.02 Å². The molecule has 0 spiro atoms. The van der Waals surface area contributed by atoms with E-state index in [1.807, 2.05) is 12.1 Å². The third-order valence-corrected chi connectivity index (χ3v) is 5.92. The molecule has 4 rings (SSSR count). The number of methoxy groups -OCH3 is 1. The van der Waals surface area contributed by atoms with Crippen LogP contribution >= 0.6 is 11.6 Å². The standard InChI is InChI=1S/C22H29ClN4O4/c1-29-13-12-26-7-6-19-21(20(26)16-31-18-4-2-17(23)3-5-18)22(28)27(24-19)9-8-25-10-14-30-15-11-25/h2-6,24H,7-16H2,1H3. The predicted octanol–water partition coefficient (Wildman–Crippen LogP) is 0.0917. The number of halogens is 1. The Balaban J connectivity index is 1.60. The number of H-pyrrole nitrogens is 1. The summed E-state index contributed by atoms with van der Waals surface area (Å²) in [6.07, 6.45) is 2.06. The lowest BCUT2D eigenvalue weighted by atomic mass is 10.2. The molecule has 8 nitrogen and oxygen atoms in total. The van der Waals surface area contributed by atoms with Crippen molar-refractivity contribution in [2.75, 3.05) is 66.3 Å². The van der Waals surface area contributed by atoms with E-state index in [4.69, 9.17) is 25.8 Å². The van der Waals surface area contributed by atoms with Crippen LogP contribution in [0.3, 0.4) is 0 Å². The SMILES string of the molecule is COCCN1CC=c2[nH]n(CCN3CCOCC3)c(=O)c2=C1COc1ccc(Cl)cc1. The van der Waals surface area contributed by atoms with Gasteiger partial charge in [-0.2, -0.15) is 0 Å². The fraction of sp³-hybridized carbons (Fsp3) is 0.500. The van der Waals surface area contributed by atoms with Crippen LogP contribution in [0, 0.1) is 0 Å². The molecule has 3 heterocycles. The Hall–Kier alpha value is -2.26. The van der Waals surface area contributed by atoms with Gasteiger partial charge >= 0.3 is 0 Å². The zero-order valence-electron chi connectivity index (χ0n) is 17.8. The molecular weight excluding hydrogens is 420 g/mol. The van der Waals surface area contributed by atoms with Gasteiger partial charge in [0.1, 0.15) is 12.4 Å². The molecule has 0 amide bonds. The highest BCUT2D eigenvalue weighted by Crippen LogP contribution is 2.17. The monoisotopic (exact) mass is 448 g/mol. The summed E-state index contributed by atoms with van der Waals surface area (Å²) < 4.78 is 18.4. The first-order valence-corrected chi connectivity index (χ1v) is 11.0. The molecule has 0 atom stereocenters. The number of morpholine rings is 1. The van der Waals surface area contributed by atoms with Crippen LogP contribution in [0.1, 0.15) is 0 Å². The van der Waals surface area contributed by atoms with Crippen molar-refractivity contribution in [2.45, 2.75) is 6.54 Å². The van der Waals surface area contributed by atoms with Crippen molar-refractivity contribution >= 4 is 23.4 Å². The second kappa shape index (κ2) is 10.4. The largest absolute Gasteiger partial charge is 0.487 e. The van der Waals surface area contributed by atoms with Crippen molar-refractivity contribution in [2.24, 2.45) is 0 Å². The van der Waals surface area contributed by atoms with Gasteiger partial charge in [-0.25, -0.2) is 0 Å². The molecular formula is C22H29ClN4O4. The van der Waals surface area contributed by atoms with Gasteiger partial charge in [0.2, 0.25) is 0 Å². The predicted molar refractivity (Wildman–Crippen MR) is 120 cm³/mol. The van der Waals surface area contributed by atoms with Crippen LogP contribution < -0.4 is 20.9 Å². The smallest absolute Gasteiger partial charge is 0.276 e. The number of rotatable bonds is 9. The molecule has 0 aliphatic carbocycles. The molecule has 0 radical (unpaired) electrons. The molecule has 1 saturated heterocycles. The van der Waals surface area contributed by atoms with Gasteiger partial charge in [-0.3, -0.25) is 19.5 Å². The molecule has 2 aliphatic rings. The Morgan fingerprint density at radius 3 is 2.65 bits per heavy atom. The van der Waals surface area contributed by atoms with Crippen molar-refractivity contribution in [3.8, 4) is 5.75 Å². The molecule has 1 N–H and O–H groups in total. The van der Waals surface area contributed by atoms with E-state index in [2.05, 4.69) is 21.0 Å². The zero-order chi connectivity index (χ0) is 21.6. The maximum atomic E-state index is 13.3. The van der Waals surface area contributed by atoms with Crippen molar-refractivity contribution in [3.05, 3.63) is 50.2 Å². The van der Waals surface area contributed by atoms with Gasteiger partial charge in [0.25, 0.3) is 5.56 Å². The lowest BCUT2D eigenvalue weighted by Crippen LogP contribution is -2.48. The molecule has 0 unspecified atom stereocenters. The third kappa shape index (κ3) is 5.33. The first kappa shape index (κ1) is 22.0. The second-order valence-electron chi connectivity index (χ2n) is 7.64. The van der Waals surface area contributed by atoms with E-state index in [1.165, 1.54) is 0 Å². The molecule has 1 aromatic heterocycles. The summed E-state index contributed by atoms with van der Waals surface area (Å²) in [4.78, 5) is 17.7. The molecule has 31 heavy (non-hydrogen) atoms. The Bertz CT molecular complexity index is 1040. The van der Waals surface area contributed by atoms with E-state index in [1.54, 1.807) is 23.9 Å². The van der Waals surface area contributed by atoms with Crippen LogP contribution in [-0.2, 0) is 16.0 Å². The maximum Gasteiger partial charge on any atom is 0.276 e. The van der Waals surface area contributed by atoms with Crippen LogP contribution in [0.5, 0.6) is 5.75 Å². The maximum absolute atomic E-state index is 13.3. The summed E-state index contributed by atoms with van der Waals surface area (Å²) in [7, 11) is 1.68. The number of nitrogens with one attached hydrogen (secondary N) is 1. The molecule has 2 aromatic rings. The van der Waals surface area contributed by atoms with E-state index in [9.17, 15) is 4.79 Å². The van der Waals surface area contributed by atoms with E-state index in [-0.39, 0.29) is 5.56 Å². The van der Waals surface area contributed by atoms with E-state index in [0.29, 0.717) is 48.8 Å². The third-order valence-electron chi connectivity index (χ3n) is 5.67. The van der Waals surface area contributed by atoms with Gasteiger partial charge in [0.15, 0.2) is 0 Å². The lowest BCUT2D eigenvalue weighted by Gasteiger charge is -2.27. The van der Waals surface area contributed by atoms with Crippen molar-refractivity contribution in [1.29, 1.82) is 0 Å². The molecule has 9 heteroatoms. The van der Waals surface area contributed by atoms with Gasteiger partial charge in [-0.15, -0.1) is 0 Å². The summed E-state index contributed by atoms with van der Waals surface area (Å²) in [5.74, 6) is 0.711. The summed E-state index contributed by atoms with van der Waals surface area (Å²) in [6, 6.07) is 7.24. The number of ether oxygens (including phenoxy) is 3. The summed E-state index contributed by atoms with van der Waals surface area (Å²) in [5, 5.41) is 5.49. The Morgan fingerprint density at radius 2 is 1.90 bits per heavy atom. The second-order valence-corrected chi connectivity index (χ2v) is 8.08. The molecule has 1 aromatic carbocycles. The minimum Gasteiger partial charge on any atom is -0.487 e. The first-order valence-electron chi connectivity index (χ1n) is 10.6. The molecule has 0 saturated carbocycles. The normalized spacial score (nSPS) is 16.8. The number of nitrogens with zero attached hydrogens (tertiary/aromatic N) is 3. The van der Waals surface area contributed by atoms with E-state index < -0.39 is 0 Å². The van der Waals surface area contributed by atoms with Gasteiger partial charge in [-0.1, -0.05) is 11.6 Å². The molecule has 168 valence electrons. The Kier molecular flexibility index (Phi) is 7.34. The minimum atomic E-state index is -0.0173. The van der Waals surface area contributed by atoms with Gasteiger partial charge < -0.3 is 19.1 Å². The van der Waals surface area contributed by atoms with E-state index >= 15 is 0 Å². The van der Waals surface area contributed by atoms with Crippen LogP contribution in [0.4, 0.5) is 0 Å². The van der Waals surface area contributed by atoms with Gasteiger partial charge in [-0.05, 0) is 30.3 Å². The summed E-state index contributed by atoms with van der Waals surface area (Å²) in [5.41, 5.74) is 0.854. The Morgan fingerprint density at radius 1 is 1.13 bits per heavy atom. The number of benzene rings is 1. The van der Waals surface area contributed by atoms with Crippen molar-refractivity contribution in [3.63, 3.8) is 0 Å². The number of aromatic amines is 1. The fourth-order valence-corrected chi connectivity index (χ4v) is 4.02. The zero-order valence-corrected chi connectivity index (χ0v) is 18.6. The van der Waals surface area contributed by atoms with Gasteiger partial charge in [0.05, 0.1) is 42.6 Å². The average molecular weight is 449 g/mol. The topological polar surface area (TPSA) is 72.0 Å². The Labute approximate surface area is 186 Å². The van der Waals surface area contributed by atoms with Crippen LogP contribution in [-0.4, -0.2) is 85.8 Å². The highest BCUT2D eigenvalue weighted by Gasteiger charge is 2.20. The summed E-state index contributed by atoms with van der Waals surface area (Å²) >= 11 is 5.97. The minimum absolute atomic E-state index is 0.0173. The van der Waals surface area contributed by atoms with Gasteiger partial charge in [0, 0.05) is 44.9 Å². The number of fused-ring (bicyclic) bond motifs is 1. The number of hydrogen-bond acceptors (Lipinski definition) is 6. The quantitative estimate of drug-likeness (QED) is 0.586. The molecule has 1 fully saturated rings. The summed E-state index contributed by atoms with van der Waals surface area (Å²) in [6.45, 7) is 6.97. The van der Waals surface area contributed by atoms with Crippen molar-refractivity contribution in [1.82, 2.24) is 19.6 Å². The van der Waals surface area contributed by atoms with E-state index in [0.717, 1.165) is 43.9 Å². The van der Waals surface area contributed by atoms with Crippen LogP contribution in [0.15, 0.2) is 29.1 Å². The molecule has 2 aliphatic heterocycles. The highest BCUT2D eigenvalue weighted by molar-refractivity contribution is 6.30. The van der Waals surface area contributed by atoms with Crippen molar-refractivity contribution < 1.29 is 14.2 Å². The average Bonchev–Trinajstić information content (AvgIpc) is 3.12. The number of aromatic nitrogens is 2. The highest BCUT2D eigenvalue weighted by atomic mass is 35.5. The first-order chi connectivity index (χ1) is 15.2.